The van der Waals surface area contributed by atoms with Crippen LogP contribution in [0.4, 0.5) is 0 Å². The van der Waals surface area contributed by atoms with Gasteiger partial charge in [0.25, 0.3) is 5.91 Å². The van der Waals surface area contributed by atoms with Crippen LogP contribution in [0.5, 0.6) is 0 Å². The van der Waals surface area contributed by atoms with Crippen LogP contribution in [0.2, 0.25) is 0 Å². The van der Waals surface area contributed by atoms with E-state index >= 15 is 0 Å². The fourth-order valence-corrected chi connectivity index (χ4v) is 3.15. The smallest absolute Gasteiger partial charge is 0.322 e. The molecular weight excluding hydrogens is 378 g/mol. The van der Waals surface area contributed by atoms with Crippen molar-refractivity contribution >= 4 is 23.7 Å². The molecule has 1 aliphatic heterocycles. The Morgan fingerprint density at radius 3 is 2.55 bits per heavy atom. The van der Waals surface area contributed by atoms with Crippen molar-refractivity contribution in [1.82, 2.24) is 20.8 Å². The minimum atomic E-state index is -1.03. The van der Waals surface area contributed by atoms with Crippen LogP contribution in [0.25, 0.3) is 0 Å². The van der Waals surface area contributed by atoms with E-state index in [1.807, 2.05) is 0 Å². The number of amides is 3. The monoisotopic (exact) mass is 411 g/mol. The van der Waals surface area contributed by atoms with Crippen molar-refractivity contribution in [2.24, 2.45) is 11.8 Å². The van der Waals surface area contributed by atoms with Gasteiger partial charge in [0.1, 0.15) is 18.1 Å². The van der Waals surface area contributed by atoms with Gasteiger partial charge in [0, 0.05) is 13.0 Å². The van der Waals surface area contributed by atoms with E-state index in [1.54, 1.807) is 19.9 Å². The molecule has 1 heterocycles. The highest BCUT2D eigenvalue weighted by Crippen LogP contribution is 2.12. The number of nitrogens with one attached hydrogen (secondary N) is 2. The molecule has 0 spiro atoms. The van der Waals surface area contributed by atoms with Gasteiger partial charge in [0.05, 0.1) is 0 Å². The van der Waals surface area contributed by atoms with Crippen LogP contribution in [0.3, 0.4) is 0 Å². The minimum Gasteiger partial charge on any atom is -0.480 e. The third kappa shape index (κ3) is 7.13. The molecule has 10 nitrogen and oxygen atoms in total. The van der Waals surface area contributed by atoms with Crippen molar-refractivity contribution in [2.75, 3.05) is 6.54 Å². The van der Waals surface area contributed by atoms with Crippen LogP contribution in [-0.4, -0.2) is 63.5 Å². The van der Waals surface area contributed by atoms with Gasteiger partial charge in [-0.1, -0.05) is 19.9 Å². The number of allylic oxidation sites excluding steroid dienone is 1. The third-order valence-corrected chi connectivity index (χ3v) is 4.77. The van der Waals surface area contributed by atoms with Crippen molar-refractivity contribution in [3.8, 4) is 0 Å². The molecule has 0 unspecified atom stereocenters. The number of carbonyl (C=O) groups excluding carboxylic acids is 3. The lowest BCUT2D eigenvalue weighted by molar-refractivity contribution is -0.149. The molecule has 0 radical (unpaired) electrons. The second-order valence-corrected chi connectivity index (χ2v) is 7.55. The topological polar surface area (TPSA) is 145 Å². The van der Waals surface area contributed by atoms with Crippen LogP contribution >= 0.6 is 0 Å². The van der Waals surface area contributed by atoms with Gasteiger partial charge in [0.2, 0.25) is 11.8 Å². The number of aliphatic carboxylic acids is 1. The summed E-state index contributed by atoms with van der Waals surface area (Å²) < 4.78 is 0. The van der Waals surface area contributed by atoms with Gasteiger partial charge >= 0.3 is 5.97 Å². The Morgan fingerprint density at radius 2 is 2.00 bits per heavy atom. The number of rotatable bonds is 10. The van der Waals surface area contributed by atoms with Crippen LogP contribution < -0.4 is 16.6 Å². The molecule has 0 aromatic carbocycles. The van der Waals surface area contributed by atoms with E-state index in [0.29, 0.717) is 32.2 Å². The molecule has 3 atom stereocenters. The molecule has 0 bridgehead atoms. The molecule has 1 aliphatic rings. The fourth-order valence-electron chi connectivity index (χ4n) is 3.15. The van der Waals surface area contributed by atoms with Crippen molar-refractivity contribution in [3.63, 3.8) is 0 Å². The van der Waals surface area contributed by atoms with Gasteiger partial charge in [-0.25, -0.2) is 11.3 Å². The summed E-state index contributed by atoms with van der Waals surface area (Å²) >= 11 is 0. The zero-order valence-electron chi connectivity index (χ0n) is 17.4. The van der Waals surface area contributed by atoms with E-state index < -0.39 is 35.9 Å². The van der Waals surface area contributed by atoms with Gasteiger partial charge in [-0.2, -0.15) is 0 Å². The Balaban J connectivity index is 2.73. The molecule has 1 rings (SSSR count). The third-order valence-electron chi connectivity index (χ3n) is 4.77. The van der Waals surface area contributed by atoms with E-state index in [-0.39, 0.29) is 18.2 Å². The fraction of sp³-hybridized carbons (Fsp3) is 0.684. The summed E-state index contributed by atoms with van der Waals surface area (Å²) in [6, 6.07) is -2.68. The number of carbonyl (C=O) groups is 4. The molecule has 5 N–H and O–H groups in total. The lowest BCUT2D eigenvalue weighted by Gasteiger charge is -2.34. The number of unbranched alkanes of at least 4 members (excludes halogenated alkanes) is 1. The minimum absolute atomic E-state index is 0.196. The average Bonchev–Trinajstić information content (AvgIpc) is 2.67. The molecule has 3 amide bonds. The maximum Gasteiger partial charge on any atom is 0.322 e. The zero-order chi connectivity index (χ0) is 22.1. The first-order valence-electron chi connectivity index (χ1n) is 9.88. The van der Waals surface area contributed by atoms with Crippen LogP contribution in [0, 0.1) is 5.92 Å². The quantitative estimate of drug-likeness (QED) is 0.132. The molecule has 0 aromatic rings. The second-order valence-electron chi connectivity index (χ2n) is 7.55. The summed E-state index contributed by atoms with van der Waals surface area (Å²) in [5.74, 6) is 3.27. The number of hydrogen-bond donors (Lipinski definition) is 4. The first kappa shape index (κ1) is 24.6. The summed E-state index contributed by atoms with van der Waals surface area (Å²) in [6.07, 6.45) is 4.12. The molecule has 1 fully saturated rings. The van der Waals surface area contributed by atoms with Gasteiger partial charge < -0.3 is 10.4 Å². The maximum absolute atomic E-state index is 12.7. The molecule has 29 heavy (non-hydrogen) atoms. The van der Waals surface area contributed by atoms with Crippen LogP contribution in [0.15, 0.2) is 12.7 Å². The average molecular weight is 412 g/mol. The predicted octanol–water partition coefficient (Wildman–Crippen LogP) is 0.155. The lowest BCUT2D eigenvalue weighted by atomic mass is 10.0. The molecular formula is C19H33N5O5. The van der Waals surface area contributed by atoms with E-state index in [0.717, 1.165) is 5.01 Å². The predicted molar refractivity (Wildman–Crippen MR) is 107 cm³/mol. The van der Waals surface area contributed by atoms with E-state index in [1.165, 1.54) is 11.9 Å². The highest BCUT2D eigenvalue weighted by atomic mass is 16.4. The number of hydrogen-bond acceptors (Lipinski definition) is 6. The normalized spacial score (nSPS) is 18.7. The first-order valence-corrected chi connectivity index (χ1v) is 9.88. The molecule has 0 saturated carbocycles. The second kappa shape index (κ2) is 11.5. The highest BCUT2D eigenvalue weighted by molar-refractivity contribution is 5.92. The Hall–Kier alpha value is -2.46. The van der Waals surface area contributed by atoms with E-state index in [4.69, 9.17) is 10.9 Å². The number of carboxylic acids is 1. The summed E-state index contributed by atoms with van der Waals surface area (Å²) in [6.45, 7) is 8.98. The summed E-state index contributed by atoms with van der Waals surface area (Å²) in [5.41, 5.74) is 2.66. The van der Waals surface area contributed by atoms with E-state index in [9.17, 15) is 19.2 Å². The number of carboxylic acid groups (broad SMARTS) is 1. The van der Waals surface area contributed by atoms with Gasteiger partial charge in [0.15, 0.2) is 0 Å². The van der Waals surface area contributed by atoms with Crippen LogP contribution in [0.1, 0.15) is 52.9 Å². The molecule has 1 saturated heterocycles. The van der Waals surface area contributed by atoms with Crippen LogP contribution in [-0.2, 0) is 19.2 Å². The number of nitrogens with zero attached hydrogens (tertiary/aromatic N) is 2. The Bertz CT molecular complexity index is 624. The van der Waals surface area contributed by atoms with E-state index in [2.05, 4.69) is 17.3 Å². The molecule has 0 aliphatic carbocycles. The van der Waals surface area contributed by atoms with Gasteiger partial charge in [-0.05, 0) is 38.5 Å². The Kier molecular flexibility index (Phi) is 9.76. The van der Waals surface area contributed by atoms with Crippen molar-refractivity contribution in [3.05, 3.63) is 12.7 Å². The molecule has 10 heteroatoms. The number of nitrogens with two attached hydrogens (primary N) is 1. The Morgan fingerprint density at radius 1 is 1.34 bits per heavy atom. The standard InChI is InChI=1S/C19H33N5O5/c1-5-6-7-10-15(25)24(20)16(12(2)3)17(26)21-13(4)18(27)23-11-8-9-14(22-23)19(28)29/h5,12-14,16,22H,1,6-11,20H2,2-4H3,(H,21,26)(H,28,29)/t13-,14-,16-/m0/s1. The maximum atomic E-state index is 12.7. The SMILES string of the molecule is C=CCCCC(=O)N(N)[C@H](C(=O)N[C@@H](C)C(=O)N1CCC[C@@H](C(=O)O)N1)C(C)C. The first-order chi connectivity index (χ1) is 13.6. The summed E-state index contributed by atoms with van der Waals surface area (Å²) in [5, 5.41) is 13.9. The van der Waals surface area contributed by atoms with Crippen molar-refractivity contribution in [1.29, 1.82) is 0 Å². The molecule has 0 aromatic heterocycles. The lowest BCUT2D eigenvalue weighted by Crippen LogP contribution is -2.61. The van der Waals surface area contributed by atoms with Gasteiger partial charge in [-0.3, -0.25) is 29.2 Å². The summed E-state index contributed by atoms with van der Waals surface area (Å²) in [4.78, 5) is 48.8. The molecule has 164 valence electrons. The largest absolute Gasteiger partial charge is 0.480 e. The van der Waals surface area contributed by atoms with Gasteiger partial charge in [-0.15, -0.1) is 6.58 Å². The summed E-state index contributed by atoms with van der Waals surface area (Å²) in [7, 11) is 0. The zero-order valence-corrected chi connectivity index (χ0v) is 17.4. The van der Waals surface area contributed by atoms with Crippen molar-refractivity contribution in [2.45, 2.75) is 71.0 Å². The highest BCUT2D eigenvalue weighted by Gasteiger charge is 2.34. The Labute approximate surface area is 171 Å². The van der Waals surface area contributed by atoms with Crippen molar-refractivity contribution < 1.29 is 24.3 Å². The number of hydrazine groups is 2.